The number of hydrogen-bond acceptors (Lipinski definition) is 6. The molecule has 2 amide bonds. The van der Waals surface area contributed by atoms with Gasteiger partial charge in [0.15, 0.2) is 11.0 Å². The highest BCUT2D eigenvalue weighted by molar-refractivity contribution is 7.82. The van der Waals surface area contributed by atoms with Crippen molar-refractivity contribution in [2.45, 2.75) is 25.0 Å². The number of carboxylic acid groups (broad SMARTS) is 1. The number of aliphatic carboxylic acids is 1. The van der Waals surface area contributed by atoms with Gasteiger partial charge >= 0.3 is 5.97 Å². The van der Waals surface area contributed by atoms with Gasteiger partial charge in [-0.05, 0) is 6.92 Å². The lowest BCUT2D eigenvalue weighted by molar-refractivity contribution is -0.171. The SMILES string of the molecule is CC(=O)C(S)C(=O)O.O=C1CCC(=O)N1O. The Bertz CT molecular complexity index is 298. The van der Waals surface area contributed by atoms with Crippen molar-refractivity contribution in [3.8, 4) is 0 Å². The van der Waals surface area contributed by atoms with Gasteiger partial charge in [-0.25, -0.2) is 0 Å². The van der Waals surface area contributed by atoms with Gasteiger partial charge in [0.2, 0.25) is 0 Å². The van der Waals surface area contributed by atoms with Gasteiger partial charge in [-0.3, -0.25) is 24.4 Å². The summed E-state index contributed by atoms with van der Waals surface area (Å²) in [7, 11) is 0. The van der Waals surface area contributed by atoms with Crippen LogP contribution in [0.3, 0.4) is 0 Å². The third kappa shape index (κ3) is 4.41. The first-order valence-electron chi connectivity index (χ1n) is 4.23. The minimum Gasteiger partial charge on any atom is -0.480 e. The maximum atomic E-state index is 10.2. The normalized spacial score (nSPS) is 16.6. The molecule has 1 fully saturated rings. The van der Waals surface area contributed by atoms with Gasteiger partial charge < -0.3 is 5.11 Å². The molecule has 0 aromatic carbocycles. The Morgan fingerprint density at radius 1 is 1.31 bits per heavy atom. The highest BCUT2D eigenvalue weighted by Crippen LogP contribution is 2.07. The highest BCUT2D eigenvalue weighted by Gasteiger charge is 2.26. The summed E-state index contributed by atoms with van der Waals surface area (Å²) in [6.45, 7) is 1.19. The first kappa shape index (κ1) is 14.6. The second kappa shape index (κ2) is 6.23. The van der Waals surface area contributed by atoms with E-state index in [-0.39, 0.29) is 17.9 Å². The van der Waals surface area contributed by atoms with E-state index in [1.54, 1.807) is 0 Å². The molecule has 0 saturated carbocycles. The molecule has 0 aromatic heterocycles. The quantitative estimate of drug-likeness (QED) is 0.263. The summed E-state index contributed by atoms with van der Waals surface area (Å²) in [5, 5.41) is 15.5. The topological polar surface area (TPSA) is 112 Å². The molecular weight excluding hydrogens is 238 g/mol. The van der Waals surface area contributed by atoms with Gasteiger partial charge in [0.05, 0.1) is 0 Å². The van der Waals surface area contributed by atoms with Crippen LogP contribution in [-0.2, 0) is 19.2 Å². The predicted octanol–water partition coefficient (Wildman–Crippen LogP) is -0.517. The van der Waals surface area contributed by atoms with E-state index in [2.05, 4.69) is 12.6 Å². The van der Waals surface area contributed by atoms with Crippen LogP contribution in [0.4, 0.5) is 0 Å². The van der Waals surface area contributed by atoms with Crippen LogP contribution in [-0.4, -0.2) is 44.2 Å². The predicted molar refractivity (Wildman–Crippen MR) is 54.0 cm³/mol. The van der Waals surface area contributed by atoms with Crippen molar-refractivity contribution in [2.75, 3.05) is 0 Å². The van der Waals surface area contributed by atoms with E-state index in [1.165, 1.54) is 6.92 Å². The Labute approximate surface area is 96.4 Å². The van der Waals surface area contributed by atoms with Crippen molar-refractivity contribution in [1.82, 2.24) is 5.06 Å². The summed E-state index contributed by atoms with van der Waals surface area (Å²) < 4.78 is 0. The lowest BCUT2D eigenvalue weighted by Gasteiger charge is -1.98. The molecule has 90 valence electrons. The van der Waals surface area contributed by atoms with Gasteiger partial charge in [0.1, 0.15) is 0 Å². The highest BCUT2D eigenvalue weighted by atomic mass is 32.1. The fraction of sp³-hybridized carbons (Fsp3) is 0.500. The number of carboxylic acids is 1. The second-order valence-corrected chi connectivity index (χ2v) is 3.47. The second-order valence-electron chi connectivity index (χ2n) is 2.95. The summed E-state index contributed by atoms with van der Waals surface area (Å²) in [6, 6.07) is 0. The first-order valence-corrected chi connectivity index (χ1v) is 4.75. The van der Waals surface area contributed by atoms with E-state index in [1.807, 2.05) is 0 Å². The number of carbonyl (C=O) groups is 4. The molecule has 1 aliphatic heterocycles. The summed E-state index contributed by atoms with van der Waals surface area (Å²) in [5.74, 6) is -2.65. The van der Waals surface area contributed by atoms with E-state index < -0.39 is 28.8 Å². The van der Waals surface area contributed by atoms with Crippen molar-refractivity contribution >= 4 is 36.2 Å². The Hall–Kier alpha value is -1.41. The molecule has 0 bridgehead atoms. The van der Waals surface area contributed by atoms with E-state index in [9.17, 15) is 19.2 Å². The van der Waals surface area contributed by atoms with Crippen molar-refractivity contribution in [3.05, 3.63) is 0 Å². The smallest absolute Gasteiger partial charge is 0.323 e. The molecular formula is C8H11NO6S. The number of thiol groups is 1. The van der Waals surface area contributed by atoms with Crippen molar-refractivity contribution in [1.29, 1.82) is 0 Å². The summed E-state index contributed by atoms with van der Waals surface area (Å²) in [5.41, 5.74) is 0. The fourth-order valence-electron chi connectivity index (χ4n) is 0.739. The number of hydrogen-bond donors (Lipinski definition) is 3. The number of ketones is 1. The minimum absolute atomic E-state index is 0.148. The van der Waals surface area contributed by atoms with Crippen LogP contribution in [0.2, 0.25) is 0 Å². The largest absolute Gasteiger partial charge is 0.480 e. The molecule has 0 aromatic rings. The van der Waals surface area contributed by atoms with E-state index in [0.29, 0.717) is 0 Å². The molecule has 1 saturated heterocycles. The number of imide groups is 1. The van der Waals surface area contributed by atoms with Crippen LogP contribution in [0.25, 0.3) is 0 Å². The summed E-state index contributed by atoms with van der Waals surface area (Å²) in [4.78, 5) is 40.5. The average Bonchev–Trinajstić information content (AvgIpc) is 2.49. The molecule has 0 aliphatic carbocycles. The zero-order chi connectivity index (χ0) is 12.9. The minimum atomic E-state index is -1.19. The molecule has 1 rings (SSSR count). The van der Waals surface area contributed by atoms with Gasteiger partial charge in [-0.15, -0.1) is 0 Å². The molecule has 1 atom stereocenters. The van der Waals surface area contributed by atoms with Gasteiger partial charge in [0, 0.05) is 12.8 Å². The molecule has 2 N–H and O–H groups in total. The van der Waals surface area contributed by atoms with E-state index >= 15 is 0 Å². The number of Topliss-reactive ketones (excluding diaryl/α,β-unsaturated/α-hetero) is 1. The Balaban J connectivity index is 0.000000281. The maximum Gasteiger partial charge on any atom is 0.323 e. The van der Waals surface area contributed by atoms with Gasteiger partial charge in [-0.2, -0.15) is 17.7 Å². The van der Waals surface area contributed by atoms with Crippen LogP contribution in [0.15, 0.2) is 0 Å². The molecule has 1 heterocycles. The zero-order valence-electron chi connectivity index (χ0n) is 8.41. The van der Waals surface area contributed by atoms with E-state index in [4.69, 9.17) is 10.3 Å². The molecule has 7 nitrogen and oxygen atoms in total. The van der Waals surface area contributed by atoms with Gasteiger partial charge in [0.25, 0.3) is 11.8 Å². The Kier molecular flexibility index (Phi) is 5.68. The number of amides is 2. The van der Waals surface area contributed by atoms with Crippen LogP contribution in [0.5, 0.6) is 0 Å². The standard InChI is InChI=1S/C4H5NO3.C4H6O3S/c6-3-1-2-4(7)5(3)8;1-2(5)3(8)4(6)7/h8H,1-2H2;3,8H,1H3,(H,6,7). The monoisotopic (exact) mass is 249 g/mol. The maximum absolute atomic E-state index is 10.2. The Morgan fingerprint density at radius 3 is 1.75 bits per heavy atom. The number of nitrogens with zero attached hydrogens (tertiary/aromatic N) is 1. The lowest BCUT2D eigenvalue weighted by Crippen LogP contribution is -2.24. The number of rotatable bonds is 2. The fourth-order valence-corrected chi connectivity index (χ4v) is 0.739. The molecule has 16 heavy (non-hydrogen) atoms. The summed E-state index contributed by atoms with van der Waals surface area (Å²) in [6.07, 6.45) is 0.296. The third-order valence-corrected chi connectivity index (χ3v) is 2.23. The van der Waals surface area contributed by atoms with Crippen LogP contribution >= 0.6 is 12.6 Å². The number of carbonyl (C=O) groups excluding carboxylic acids is 3. The molecule has 1 unspecified atom stereocenters. The Morgan fingerprint density at radius 2 is 1.69 bits per heavy atom. The molecule has 8 heteroatoms. The average molecular weight is 249 g/mol. The third-order valence-electron chi connectivity index (χ3n) is 1.64. The molecule has 0 spiro atoms. The zero-order valence-corrected chi connectivity index (χ0v) is 9.31. The van der Waals surface area contributed by atoms with Gasteiger partial charge in [-0.1, -0.05) is 0 Å². The van der Waals surface area contributed by atoms with Crippen LogP contribution < -0.4 is 0 Å². The summed E-state index contributed by atoms with van der Waals surface area (Å²) >= 11 is 3.47. The first-order chi connectivity index (χ1) is 7.27. The van der Waals surface area contributed by atoms with Crippen LogP contribution in [0, 0.1) is 0 Å². The van der Waals surface area contributed by atoms with Crippen molar-refractivity contribution in [2.24, 2.45) is 0 Å². The van der Waals surface area contributed by atoms with Crippen LogP contribution in [0.1, 0.15) is 19.8 Å². The van der Waals surface area contributed by atoms with Crippen molar-refractivity contribution < 1.29 is 29.5 Å². The lowest BCUT2D eigenvalue weighted by atomic mass is 10.3. The van der Waals surface area contributed by atoms with Crippen molar-refractivity contribution in [3.63, 3.8) is 0 Å². The molecule has 0 radical (unpaired) electrons. The van der Waals surface area contributed by atoms with E-state index in [0.717, 1.165) is 0 Å². The molecule has 1 aliphatic rings. The number of hydroxylamine groups is 2.